The number of aryl methyl sites for hydroxylation is 1. The molecule has 7 nitrogen and oxygen atoms in total. The fraction of sp³-hybridized carbons (Fsp3) is 0.391. The molecule has 30 heavy (non-hydrogen) atoms. The maximum absolute atomic E-state index is 12.8. The summed E-state index contributed by atoms with van der Waals surface area (Å²) in [7, 11) is 0. The van der Waals surface area contributed by atoms with Gasteiger partial charge in [-0.25, -0.2) is 0 Å². The molecule has 2 amide bonds. The Morgan fingerprint density at radius 3 is 2.80 bits per heavy atom. The zero-order valence-corrected chi connectivity index (χ0v) is 17.1. The minimum atomic E-state index is -0.595. The Morgan fingerprint density at radius 1 is 1.20 bits per heavy atom. The minimum absolute atomic E-state index is 0.0796. The van der Waals surface area contributed by atoms with Crippen molar-refractivity contribution in [1.82, 2.24) is 15.2 Å². The number of carbonyl (C=O) groups excluding carboxylic acids is 2. The highest BCUT2D eigenvalue weighted by Crippen LogP contribution is 2.33. The maximum atomic E-state index is 12.8. The number of carbonyl (C=O) groups is 2. The number of aromatic nitrogens is 1. The van der Waals surface area contributed by atoms with E-state index in [-0.39, 0.29) is 11.8 Å². The number of hydrogen-bond acceptors (Lipinski definition) is 5. The van der Waals surface area contributed by atoms with E-state index in [1.54, 1.807) is 12.4 Å². The van der Waals surface area contributed by atoms with Gasteiger partial charge < -0.3 is 15.1 Å². The van der Waals surface area contributed by atoms with Crippen molar-refractivity contribution in [3.05, 3.63) is 65.5 Å². The summed E-state index contributed by atoms with van der Waals surface area (Å²) in [5.41, 5.74) is 2.89. The Hall–Kier alpha value is -3.22. The van der Waals surface area contributed by atoms with Crippen LogP contribution in [0.1, 0.15) is 36.0 Å². The minimum Gasteiger partial charge on any atom is -0.386 e. The highest BCUT2D eigenvalue weighted by atomic mass is 16.7. The zero-order chi connectivity index (χ0) is 21.0. The molecule has 0 aliphatic carbocycles. The Labute approximate surface area is 176 Å². The third kappa shape index (κ3) is 4.67. The van der Waals surface area contributed by atoms with Crippen LogP contribution in [0.5, 0.6) is 0 Å². The number of amides is 2. The first-order chi connectivity index (χ1) is 14.5. The van der Waals surface area contributed by atoms with Gasteiger partial charge in [-0.05, 0) is 37.0 Å². The van der Waals surface area contributed by atoms with Gasteiger partial charge in [0.05, 0.1) is 13.0 Å². The number of hydrogen-bond donors (Lipinski definition) is 1. The van der Waals surface area contributed by atoms with Gasteiger partial charge in [0.2, 0.25) is 5.91 Å². The third-order valence-electron chi connectivity index (χ3n) is 5.65. The Kier molecular flexibility index (Phi) is 5.79. The van der Waals surface area contributed by atoms with Crippen LogP contribution in [0.3, 0.4) is 0 Å². The van der Waals surface area contributed by atoms with Crippen LogP contribution in [0.2, 0.25) is 0 Å². The third-order valence-corrected chi connectivity index (χ3v) is 5.65. The molecule has 1 fully saturated rings. The number of oxime groups is 1. The lowest BCUT2D eigenvalue weighted by atomic mass is 9.87. The molecule has 4 rings (SSSR count). The molecule has 0 bridgehead atoms. The van der Waals surface area contributed by atoms with Crippen LogP contribution in [-0.2, 0) is 27.4 Å². The van der Waals surface area contributed by atoms with Gasteiger partial charge in [-0.3, -0.25) is 14.6 Å². The molecule has 2 aromatic rings. The second kappa shape index (κ2) is 8.65. The molecule has 3 heterocycles. The van der Waals surface area contributed by atoms with Gasteiger partial charge in [0.1, 0.15) is 5.71 Å². The quantitative estimate of drug-likeness (QED) is 0.826. The topological polar surface area (TPSA) is 83.9 Å². The SMILES string of the molecule is Cc1ccc(CC(=O)N2CCC[C@]3(CC(C(=O)NCc4cccnc4)=NO3)C2)cc1. The van der Waals surface area contributed by atoms with Crippen molar-refractivity contribution < 1.29 is 14.4 Å². The monoisotopic (exact) mass is 406 g/mol. The van der Waals surface area contributed by atoms with Crippen molar-refractivity contribution in [1.29, 1.82) is 0 Å². The van der Waals surface area contributed by atoms with Gasteiger partial charge in [-0.1, -0.05) is 41.1 Å². The summed E-state index contributed by atoms with van der Waals surface area (Å²) >= 11 is 0. The Bertz CT molecular complexity index is 943. The number of piperidine rings is 1. The van der Waals surface area contributed by atoms with Gasteiger partial charge in [0.15, 0.2) is 5.60 Å². The molecule has 0 radical (unpaired) electrons. The molecular weight excluding hydrogens is 380 g/mol. The van der Waals surface area contributed by atoms with Crippen molar-refractivity contribution >= 4 is 17.5 Å². The average Bonchev–Trinajstić information content (AvgIpc) is 3.17. The number of benzene rings is 1. The predicted octanol–water partition coefficient (Wildman–Crippen LogP) is 2.39. The normalized spacial score (nSPS) is 20.6. The molecule has 7 heteroatoms. The lowest BCUT2D eigenvalue weighted by Crippen LogP contribution is -2.51. The second-order valence-electron chi connectivity index (χ2n) is 8.11. The zero-order valence-electron chi connectivity index (χ0n) is 17.1. The van der Waals surface area contributed by atoms with E-state index in [1.807, 2.05) is 48.2 Å². The van der Waals surface area contributed by atoms with E-state index in [9.17, 15) is 9.59 Å². The first-order valence-electron chi connectivity index (χ1n) is 10.3. The van der Waals surface area contributed by atoms with E-state index in [0.717, 1.165) is 24.0 Å². The lowest BCUT2D eigenvalue weighted by molar-refractivity contribution is -0.139. The molecule has 2 aliphatic rings. The van der Waals surface area contributed by atoms with Gasteiger partial charge >= 0.3 is 0 Å². The van der Waals surface area contributed by atoms with E-state index in [1.165, 1.54) is 5.56 Å². The maximum Gasteiger partial charge on any atom is 0.269 e. The lowest BCUT2D eigenvalue weighted by Gasteiger charge is -2.38. The van der Waals surface area contributed by atoms with Crippen LogP contribution in [0.4, 0.5) is 0 Å². The highest BCUT2D eigenvalue weighted by Gasteiger charge is 2.45. The second-order valence-corrected chi connectivity index (χ2v) is 8.11. The van der Waals surface area contributed by atoms with Crippen LogP contribution in [-0.4, -0.2) is 46.1 Å². The summed E-state index contributed by atoms with van der Waals surface area (Å²) in [4.78, 5) is 36.9. The highest BCUT2D eigenvalue weighted by molar-refractivity contribution is 6.39. The number of nitrogens with zero attached hydrogens (tertiary/aromatic N) is 3. The largest absolute Gasteiger partial charge is 0.386 e. The molecule has 1 aromatic carbocycles. The number of likely N-dealkylation sites (tertiary alicyclic amines) is 1. The van der Waals surface area contributed by atoms with E-state index >= 15 is 0 Å². The summed E-state index contributed by atoms with van der Waals surface area (Å²) in [6.07, 6.45) is 5.81. The van der Waals surface area contributed by atoms with E-state index in [0.29, 0.717) is 38.2 Å². The van der Waals surface area contributed by atoms with E-state index in [2.05, 4.69) is 15.5 Å². The molecule has 1 aromatic heterocycles. The van der Waals surface area contributed by atoms with Gasteiger partial charge in [-0.2, -0.15) is 0 Å². The number of pyridine rings is 1. The fourth-order valence-corrected chi connectivity index (χ4v) is 3.95. The number of nitrogens with one attached hydrogen (secondary N) is 1. The fourth-order valence-electron chi connectivity index (χ4n) is 3.95. The molecule has 0 unspecified atom stereocenters. The standard InChI is InChI=1S/C23H26N4O3/c1-17-5-7-18(8-6-17)12-21(28)27-11-3-9-23(16-27)13-20(26-30-23)22(29)25-15-19-4-2-10-24-14-19/h2,4-8,10,14H,3,9,11-13,15-16H2,1H3,(H,25,29)/t23-/m0/s1. The summed E-state index contributed by atoms with van der Waals surface area (Å²) < 4.78 is 0. The van der Waals surface area contributed by atoms with Crippen LogP contribution in [0, 0.1) is 6.92 Å². The molecule has 1 saturated heterocycles. The van der Waals surface area contributed by atoms with E-state index in [4.69, 9.17) is 4.84 Å². The van der Waals surface area contributed by atoms with Crippen LogP contribution in [0.25, 0.3) is 0 Å². The first kappa shape index (κ1) is 20.1. The smallest absolute Gasteiger partial charge is 0.269 e. The van der Waals surface area contributed by atoms with E-state index < -0.39 is 5.60 Å². The summed E-state index contributed by atoms with van der Waals surface area (Å²) in [6.45, 7) is 3.58. The molecular formula is C23H26N4O3. The van der Waals surface area contributed by atoms with Crippen molar-refractivity contribution in [2.45, 2.75) is 44.8 Å². The van der Waals surface area contributed by atoms with Crippen LogP contribution >= 0.6 is 0 Å². The molecule has 156 valence electrons. The van der Waals surface area contributed by atoms with Crippen molar-refractivity contribution in [3.63, 3.8) is 0 Å². The number of rotatable bonds is 5. The molecule has 1 atom stereocenters. The van der Waals surface area contributed by atoms with Gasteiger partial charge in [0.25, 0.3) is 5.91 Å². The molecule has 1 spiro atoms. The van der Waals surface area contributed by atoms with Crippen LogP contribution < -0.4 is 5.32 Å². The summed E-state index contributed by atoms with van der Waals surface area (Å²) in [5, 5.41) is 6.93. The average molecular weight is 406 g/mol. The Balaban J connectivity index is 1.32. The predicted molar refractivity (Wildman–Crippen MR) is 113 cm³/mol. The van der Waals surface area contributed by atoms with Crippen LogP contribution in [0.15, 0.2) is 53.9 Å². The molecule has 1 N–H and O–H groups in total. The summed E-state index contributed by atoms with van der Waals surface area (Å²) in [5.74, 6) is -0.158. The van der Waals surface area contributed by atoms with Crippen molar-refractivity contribution in [2.75, 3.05) is 13.1 Å². The van der Waals surface area contributed by atoms with Crippen molar-refractivity contribution in [2.24, 2.45) is 5.16 Å². The molecule has 0 saturated carbocycles. The van der Waals surface area contributed by atoms with Crippen molar-refractivity contribution in [3.8, 4) is 0 Å². The Morgan fingerprint density at radius 2 is 2.03 bits per heavy atom. The van der Waals surface area contributed by atoms with Gasteiger partial charge in [-0.15, -0.1) is 0 Å². The summed E-state index contributed by atoms with van der Waals surface area (Å²) in [6, 6.07) is 11.8. The first-order valence-corrected chi connectivity index (χ1v) is 10.3. The van der Waals surface area contributed by atoms with Gasteiger partial charge in [0, 0.05) is 31.9 Å². The molecule has 2 aliphatic heterocycles.